The maximum absolute atomic E-state index is 11.4. The lowest BCUT2D eigenvalue weighted by Crippen LogP contribution is -2.02. The van der Waals surface area contributed by atoms with Gasteiger partial charge in [0.05, 0.1) is 6.61 Å². The van der Waals surface area contributed by atoms with Gasteiger partial charge in [-0.05, 0) is 30.9 Å². The van der Waals surface area contributed by atoms with E-state index in [1.54, 1.807) is 13.2 Å². The van der Waals surface area contributed by atoms with Crippen LogP contribution in [0.5, 0.6) is 0 Å². The summed E-state index contributed by atoms with van der Waals surface area (Å²) in [6.07, 6.45) is 6.13. The van der Waals surface area contributed by atoms with Gasteiger partial charge in [0.2, 0.25) is 0 Å². The first-order valence-electron chi connectivity index (χ1n) is 6.22. The zero-order valence-electron chi connectivity index (χ0n) is 10.8. The first-order chi connectivity index (χ1) is 8.83. The molecule has 0 unspecified atom stereocenters. The van der Waals surface area contributed by atoms with Gasteiger partial charge in [0.1, 0.15) is 0 Å². The summed E-state index contributed by atoms with van der Waals surface area (Å²) in [6, 6.07) is 9.68. The molecule has 1 aromatic rings. The molecule has 0 aromatic heterocycles. The Kier molecular flexibility index (Phi) is 7.57. The van der Waals surface area contributed by atoms with Crippen LogP contribution in [0.2, 0.25) is 0 Å². The molecule has 1 aromatic carbocycles. The Morgan fingerprint density at radius 2 is 1.83 bits per heavy atom. The molecule has 0 atom stereocenters. The van der Waals surface area contributed by atoms with Crippen LogP contribution in [-0.2, 0) is 14.3 Å². The minimum atomic E-state index is -0.286. The van der Waals surface area contributed by atoms with Crippen molar-refractivity contribution in [1.82, 2.24) is 0 Å². The third kappa shape index (κ3) is 6.86. The average molecular weight is 248 g/mol. The second-order valence-electron chi connectivity index (χ2n) is 3.96. The molecule has 3 nitrogen and oxygen atoms in total. The first kappa shape index (κ1) is 14.5. The molecule has 0 bridgehead atoms. The minimum absolute atomic E-state index is 0.286. The van der Waals surface area contributed by atoms with Crippen LogP contribution in [0, 0.1) is 0 Å². The van der Waals surface area contributed by atoms with Gasteiger partial charge in [-0.15, -0.1) is 0 Å². The van der Waals surface area contributed by atoms with Gasteiger partial charge in [-0.2, -0.15) is 0 Å². The number of methoxy groups -OCH3 is 1. The van der Waals surface area contributed by atoms with Gasteiger partial charge in [0, 0.05) is 19.8 Å². The first-order valence-corrected chi connectivity index (χ1v) is 6.22. The van der Waals surface area contributed by atoms with Crippen molar-refractivity contribution in [3.63, 3.8) is 0 Å². The molecule has 0 radical (unpaired) electrons. The topological polar surface area (TPSA) is 35.5 Å². The molecule has 0 saturated heterocycles. The Balaban J connectivity index is 2.12. The smallest absolute Gasteiger partial charge is 0.330 e. The predicted octanol–water partition coefficient (Wildman–Crippen LogP) is 3.06. The molecule has 0 aliphatic heterocycles. The fraction of sp³-hybridized carbons (Fsp3) is 0.400. The van der Waals surface area contributed by atoms with Crippen LogP contribution in [0.3, 0.4) is 0 Å². The minimum Gasteiger partial charge on any atom is -0.463 e. The van der Waals surface area contributed by atoms with E-state index in [-0.39, 0.29) is 5.97 Å². The number of hydrogen-bond acceptors (Lipinski definition) is 3. The maximum Gasteiger partial charge on any atom is 0.330 e. The van der Waals surface area contributed by atoms with Crippen LogP contribution in [0.15, 0.2) is 36.4 Å². The Hall–Kier alpha value is -1.61. The third-order valence-corrected chi connectivity index (χ3v) is 2.45. The second-order valence-corrected chi connectivity index (χ2v) is 3.96. The Morgan fingerprint density at radius 1 is 1.11 bits per heavy atom. The van der Waals surface area contributed by atoms with Crippen molar-refractivity contribution in [1.29, 1.82) is 0 Å². The normalized spacial score (nSPS) is 10.7. The summed E-state index contributed by atoms with van der Waals surface area (Å²) in [6.45, 7) is 1.24. The Morgan fingerprint density at radius 3 is 2.56 bits per heavy atom. The van der Waals surface area contributed by atoms with Gasteiger partial charge < -0.3 is 9.47 Å². The Bertz CT molecular complexity index is 357. The molecule has 0 N–H and O–H groups in total. The maximum atomic E-state index is 11.4. The van der Waals surface area contributed by atoms with E-state index in [2.05, 4.69) is 0 Å². The molecule has 0 spiro atoms. The number of benzene rings is 1. The molecule has 3 heteroatoms. The van der Waals surface area contributed by atoms with E-state index >= 15 is 0 Å². The molecule has 0 saturated carbocycles. The van der Waals surface area contributed by atoms with Crippen molar-refractivity contribution >= 4 is 12.0 Å². The zero-order chi connectivity index (χ0) is 13.1. The van der Waals surface area contributed by atoms with E-state index in [1.807, 2.05) is 30.3 Å². The number of carbonyl (C=O) groups is 1. The summed E-state index contributed by atoms with van der Waals surface area (Å²) >= 11 is 0. The van der Waals surface area contributed by atoms with Gasteiger partial charge in [-0.25, -0.2) is 4.79 Å². The number of rotatable bonds is 8. The zero-order valence-corrected chi connectivity index (χ0v) is 10.8. The number of hydrogen-bond donors (Lipinski definition) is 0. The summed E-state index contributed by atoms with van der Waals surface area (Å²) < 4.78 is 10.0. The van der Waals surface area contributed by atoms with Crippen LogP contribution < -0.4 is 0 Å². The fourth-order valence-corrected chi connectivity index (χ4v) is 1.47. The van der Waals surface area contributed by atoms with Crippen LogP contribution in [0.1, 0.15) is 24.8 Å². The number of carbonyl (C=O) groups excluding carboxylic acids is 1. The standard InChI is InChI=1S/C15H20O3/c1-17-12-6-3-7-13-18-15(16)11-10-14-8-4-2-5-9-14/h2,4-5,8-11H,3,6-7,12-13H2,1H3/b11-10+. The van der Waals surface area contributed by atoms with Crippen LogP contribution >= 0.6 is 0 Å². The molecule has 0 amide bonds. The van der Waals surface area contributed by atoms with Gasteiger partial charge >= 0.3 is 5.97 Å². The summed E-state index contributed by atoms with van der Waals surface area (Å²) in [5, 5.41) is 0. The van der Waals surface area contributed by atoms with Crippen LogP contribution in [0.4, 0.5) is 0 Å². The van der Waals surface area contributed by atoms with Crippen molar-refractivity contribution in [3.8, 4) is 0 Å². The molecular weight excluding hydrogens is 228 g/mol. The number of ether oxygens (including phenoxy) is 2. The highest BCUT2D eigenvalue weighted by Gasteiger charge is 1.96. The molecule has 18 heavy (non-hydrogen) atoms. The number of esters is 1. The van der Waals surface area contributed by atoms with E-state index < -0.39 is 0 Å². The van der Waals surface area contributed by atoms with E-state index in [0.29, 0.717) is 6.61 Å². The highest BCUT2D eigenvalue weighted by atomic mass is 16.5. The average Bonchev–Trinajstić information content (AvgIpc) is 2.41. The molecule has 0 heterocycles. The summed E-state index contributed by atoms with van der Waals surface area (Å²) in [7, 11) is 1.69. The molecule has 0 aliphatic carbocycles. The lowest BCUT2D eigenvalue weighted by Gasteiger charge is -2.01. The Labute approximate surface area is 108 Å². The van der Waals surface area contributed by atoms with E-state index in [1.165, 1.54) is 6.08 Å². The third-order valence-electron chi connectivity index (χ3n) is 2.45. The lowest BCUT2D eigenvalue weighted by atomic mass is 10.2. The summed E-state index contributed by atoms with van der Waals surface area (Å²) in [5.41, 5.74) is 0.995. The monoisotopic (exact) mass is 248 g/mol. The SMILES string of the molecule is COCCCCCOC(=O)/C=C/c1ccccc1. The van der Waals surface area contributed by atoms with Gasteiger partial charge in [-0.1, -0.05) is 30.3 Å². The van der Waals surface area contributed by atoms with Crippen molar-refractivity contribution in [2.45, 2.75) is 19.3 Å². The molecule has 98 valence electrons. The van der Waals surface area contributed by atoms with Crippen LogP contribution in [0.25, 0.3) is 6.08 Å². The predicted molar refractivity (Wildman–Crippen MR) is 72.2 cm³/mol. The second kappa shape index (κ2) is 9.42. The fourth-order valence-electron chi connectivity index (χ4n) is 1.47. The highest BCUT2D eigenvalue weighted by molar-refractivity contribution is 5.86. The largest absolute Gasteiger partial charge is 0.463 e. The van der Waals surface area contributed by atoms with Gasteiger partial charge in [-0.3, -0.25) is 0 Å². The van der Waals surface area contributed by atoms with Crippen molar-refractivity contribution in [2.24, 2.45) is 0 Å². The van der Waals surface area contributed by atoms with Gasteiger partial charge in [0.25, 0.3) is 0 Å². The molecule has 0 aliphatic rings. The number of unbranched alkanes of at least 4 members (excludes halogenated alkanes) is 2. The van der Waals surface area contributed by atoms with Crippen molar-refractivity contribution in [3.05, 3.63) is 42.0 Å². The van der Waals surface area contributed by atoms with Crippen molar-refractivity contribution < 1.29 is 14.3 Å². The molecule has 0 fully saturated rings. The highest BCUT2D eigenvalue weighted by Crippen LogP contribution is 2.02. The summed E-state index contributed by atoms with van der Waals surface area (Å²) in [4.78, 5) is 11.4. The molecular formula is C15H20O3. The molecule has 1 rings (SSSR count). The summed E-state index contributed by atoms with van der Waals surface area (Å²) in [5.74, 6) is -0.286. The lowest BCUT2D eigenvalue weighted by molar-refractivity contribution is -0.137. The quantitative estimate of drug-likeness (QED) is 0.403. The van der Waals surface area contributed by atoms with Gasteiger partial charge in [0.15, 0.2) is 0 Å². The van der Waals surface area contributed by atoms with Crippen LogP contribution in [-0.4, -0.2) is 26.3 Å². The van der Waals surface area contributed by atoms with E-state index in [4.69, 9.17) is 9.47 Å². The van der Waals surface area contributed by atoms with Crippen molar-refractivity contribution in [2.75, 3.05) is 20.3 Å². The van der Waals surface area contributed by atoms with E-state index in [0.717, 1.165) is 31.4 Å². The van der Waals surface area contributed by atoms with E-state index in [9.17, 15) is 4.79 Å².